The molecule has 0 saturated heterocycles. The van der Waals surface area contributed by atoms with Crippen molar-refractivity contribution in [3.05, 3.63) is 82.6 Å². The number of rotatable bonds is 7. The van der Waals surface area contributed by atoms with Crippen LogP contribution in [0.3, 0.4) is 0 Å². The molecule has 0 unspecified atom stereocenters. The average Bonchev–Trinajstić information content (AvgIpc) is 3.05. The predicted octanol–water partition coefficient (Wildman–Crippen LogP) is 4.74. The molecule has 0 fully saturated rings. The minimum absolute atomic E-state index is 0.0522. The van der Waals surface area contributed by atoms with Gasteiger partial charge in [-0.25, -0.2) is 9.37 Å². The van der Waals surface area contributed by atoms with Crippen LogP contribution in [0.15, 0.2) is 60.8 Å². The Morgan fingerprint density at radius 1 is 1.08 bits per heavy atom. The van der Waals surface area contributed by atoms with E-state index in [0.29, 0.717) is 17.3 Å². The van der Waals surface area contributed by atoms with Crippen LogP contribution in [0.5, 0.6) is 0 Å². The molecule has 1 heterocycles. The second-order valence-corrected chi connectivity index (χ2v) is 7.56. The highest BCUT2D eigenvalue weighted by Crippen LogP contribution is 2.22. The van der Waals surface area contributed by atoms with E-state index < -0.39 is 0 Å². The SMILES string of the molecule is O=C(CSCc1ccccc1)Nc1ncc(Cc2ccc(F)cc2)s1. The molecule has 6 heteroatoms. The maximum atomic E-state index is 12.9. The minimum atomic E-state index is -0.242. The lowest BCUT2D eigenvalue weighted by molar-refractivity contribution is -0.113. The lowest BCUT2D eigenvalue weighted by Crippen LogP contribution is -2.13. The summed E-state index contributed by atoms with van der Waals surface area (Å²) in [5.41, 5.74) is 2.22. The number of carbonyl (C=O) groups is 1. The van der Waals surface area contributed by atoms with Gasteiger partial charge < -0.3 is 5.32 Å². The van der Waals surface area contributed by atoms with E-state index in [1.165, 1.54) is 29.0 Å². The van der Waals surface area contributed by atoms with Crippen LogP contribution in [-0.2, 0) is 17.0 Å². The van der Waals surface area contributed by atoms with Gasteiger partial charge in [0.2, 0.25) is 5.91 Å². The molecule has 3 nitrogen and oxygen atoms in total. The number of benzene rings is 2. The Labute approximate surface area is 154 Å². The Balaban J connectivity index is 1.45. The Morgan fingerprint density at radius 2 is 1.84 bits per heavy atom. The van der Waals surface area contributed by atoms with Gasteiger partial charge in [0.25, 0.3) is 0 Å². The first-order valence-corrected chi connectivity index (χ1v) is 9.77. The largest absolute Gasteiger partial charge is 0.301 e. The van der Waals surface area contributed by atoms with E-state index in [1.807, 2.05) is 30.3 Å². The summed E-state index contributed by atoms with van der Waals surface area (Å²) in [6.45, 7) is 0. The zero-order valence-corrected chi connectivity index (χ0v) is 15.1. The van der Waals surface area contributed by atoms with Crippen molar-refractivity contribution < 1.29 is 9.18 Å². The number of thioether (sulfide) groups is 1. The summed E-state index contributed by atoms with van der Waals surface area (Å²) >= 11 is 3.02. The van der Waals surface area contributed by atoms with Gasteiger partial charge in [-0.15, -0.1) is 23.1 Å². The van der Waals surface area contributed by atoms with Gasteiger partial charge in [0.1, 0.15) is 5.82 Å². The van der Waals surface area contributed by atoms with Crippen molar-refractivity contribution in [3.8, 4) is 0 Å². The monoisotopic (exact) mass is 372 g/mol. The fourth-order valence-electron chi connectivity index (χ4n) is 2.24. The predicted molar refractivity (Wildman–Crippen MR) is 103 cm³/mol. The number of hydrogen-bond acceptors (Lipinski definition) is 4. The van der Waals surface area contributed by atoms with E-state index in [9.17, 15) is 9.18 Å². The fourth-order valence-corrected chi connectivity index (χ4v) is 3.89. The molecule has 1 amide bonds. The first-order chi connectivity index (χ1) is 12.2. The van der Waals surface area contributed by atoms with E-state index in [1.54, 1.807) is 30.1 Å². The number of amides is 1. The van der Waals surface area contributed by atoms with Crippen LogP contribution in [0.4, 0.5) is 9.52 Å². The molecule has 3 rings (SSSR count). The van der Waals surface area contributed by atoms with E-state index in [2.05, 4.69) is 10.3 Å². The summed E-state index contributed by atoms with van der Waals surface area (Å²) < 4.78 is 12.9. The molecule has 25 heavy (non-hydrogen) atoms. The quantitative estimate of drug-likeness (QED) is 0.651. The number of aromatic nitrogens is 1. The molecule has 2 aromatic carbocycles. The lowest BCUT2D eigenvalue weighted by Gasteiger charge is -2.02. The molecule has 1 aromatic heterocycles. The number of halogens is 1. The van der Waals surface area contributed by atoms with Gasteiger partial charge in [0, 0.05) is 23.2 Å². The number of nitrogens with zero attached hydrogens (tertiary/aromatic N) is 1. The third-order valence-electron chi connectivity index (χ3n) is 3.44. The summed E-state index contributed by atoms with van der Waals surface area (Å²) in [6.07, 6.45) is 2.43. The number of carbonyl (C=O) groups excluding carboxylic acids is 1. The normalized spacial score (nSPS) is 10.6. The third kappa shape index (κ3) is 5.69. The fraction of sp³-hybridized carbons (Fsp3) is 0.158. The molecule has 0 atom stereocenters. The Hall–Kier alpha value is -2.18. The maximum absolute atomic E-state index is 12.9. The standard InChI is InChI=1S/C19H17FN2OS2/c20-16-8-6-14(7-9-16)10-17-11-21-19(25-17)22-18(23)13-24-12-15-4-2-1-3-5-15/h1-9,11H,10,12-13H2,(H,21,22,23). The van der Waals surface area contributed by atoms with Crippen molar-refractivity contribution in [2.24, 2.45) is 0 Å². The van der Waals surface area contributed by atoms with Gasteiger partial charge >= 0.3 is 0 Å². The summed E-state index contributed by atoms with van der Waals surface area (Å²) in [5, 5.41) is 3.43. The molecule has 0 bridgehead atoms. The zero-order chi connectivity index (χ0) is 17.5. The van der Waals surface area contributed by atoms with Crippen molar-refractivity contribution in [1.29, 1.82) is 0 Å². The topological polar surface area (TPSA) is 42.0 Å². The average molecular weight is 372 g/mol. The maximum Gasteiger partial charge on any atom is 0.236 e. The molecule has 1 N–H and O–H groups in total. The van der Waals surface area contributed by atoms with E-state index in [4.69, 9.17) is 0 Å². The van der Waals surface area contributed by atoms with E-state index >= 15 is 0 Å². The molecule has 0 aliphatic heterocycles. The molecule has 0 spiro atoms. The number of thiazole rings is 1. The van der Waals surface area contributed by atoms with Gasteiger partial charge in [0.15, 0.2) is 5.13 Å². The summed E-state index contributed by atoms with van der Waals surface area (Å²) in [5.74, 6) is 0.904. The van der Waals surface area contributed by atoms with E-state index in [0.717, 1.165) is 16.2 Å². The van der Waals surface area contributed by atoms with Gasteiger partial charge in [0.05, 0.1) is 5.75 Å². The second kappa shape index (κ2) is 8.78. The Kier molecular flexibility index (Phi) is 6.19. The van der Waals surface area contributed by atoms with Crippen LogP contribution in [-0.4, -0.2) is 16.6 Å². The molecule has 0 saturated carbocycles. The number of nitrogens with one attached hydrogen (secondary N) is 1. The first-order valence-electron chi connectivity index (χ1n) is 7.80. The molecule has 0 aliphatic rings. The van der Waals surface area contributed by atoms with Crippen molar-refractivity contribution in [1.82, 2.24) is 4.98 Å². The summed E-state index contributed by atoms with van der Waals surface area (Å²) in [6, 6.07) is 16.5. The van der Waals surface area contributed by atoms with Crippen molar-refractivity contribution in [2.45, 2.75) is 12.2 Å². The summed E-state index contributed by atoms with van der Waals surface area (Å²) in [7, 11) is 0. The molecule has 0 aliphatic carbocycles. The molecule has 128 valence electrons. The highest BCUT2D eigenvalue weighted by molar-refractivity contribution is 7.99. The summed E-state index contributed by atoms with van der Waals surface area (Å²) in [4.78, 5) is 17.3. The van der Waals surface area contributed by atoms with E-state index in [-0.39, 0.29) is 11.7 Å². The number of hydrogen-bond donors (Lipinski definition) is 1. The van der Waals surface area contributed by atoms with Gasteiger partial charge in [-0.3, -0.25) is 4.79 Å². The van der Waals surface area contributed by atoms with Crippen LogP contribution >= 0.6 is 23.1 Å². The molecular weight excluding hydrogens is 355 g/mol. The molecule has 0 radical (unpaired) electrons. The lowest BCUT2D eigenvalue weighted by atomic mass is 10.1. The number of anilines is 1. The Morgan fingerprint density at radius 3 is 2.60 bits per heavy atom. The van der Waals surface area contributed by atoms with Gasteiger partial charge in [-0.05, 0) is 23.3 Å². The van der Waals surface area contributed by atoms with Crippen molar-refractivity contribution >= 4 is 34.1 Å². The van der Waals surface area contributed by atoms with Crippen LogP contribution in [0.2, 0.25) is 0 Å². The minimum Gasteiger partial charge on any atom is -0.301 e. The first kappa shape index (κ1) is 17.6. The second-order valence-electron chi connectivity index (χ2n) is 5.46. The Bertz CT molecular complexity index is 819. The molecule has 3 aromatic rings. The smallest absolute Gasteiger partial charge is 0.236 e. The third-order valence-corrected chi connectivity index (χ3v) is 5.35. The van der Waals surface area contributed by atoms with Crippen LogP contribution < -0.4 is 5.32 Å². The zero-order valence-electron chi connectivity index (χ0n) is 13.4. The van der Waals surface area contributed by atoms with Gasteiger partial charge in [-0.1, -0.05) is 42.5 Å². The van der Waals surface area contributed by atoms with Crippen LogP contribution in [0.1, 0.15) is 16.0 Å². The molecular formula is C19H17FN2OS2. The van der Waals surface area contributed by atoms with Crippen LogP contribution in [0, 0.1) is 5.82 Å². The van der Waals surface area contributed by atoms with Crippen LogP contribution in [0.25, 0.3) is 0 Å². The van der Waals surface area contributed by atoms with Gasteiger partial charge in [-0.2, -0.15) is 0 Å². The highest BCUT2D eigenvalue weighted by atomic mass is 32.2. The van der Waals surface area contributed by atoms with Crippen molar-refractivity contribution in [2.75, 3.05) is 11.1 Å². The highest BCUT2D eigenvalue weighted by Gasteiger charge is 2.08. The van der Waals surface area contributed by atoms with Crippen molar-refractivity contribution in [3.63, 3.8) is 0 Å².